The predicted molar refractivity (Wildman–Crippen MR) is 151 cm³/mol. The standard InChI is InChI=1S/C26H23BrCl2N4O3S/c27-19-5-8-21(9-6-19)37(35,36)33(16-18-3-1-2-4-23(18)29)17-26(34)32-14-13-31-24-11-12-30-25-15-20(28)7-10-22(24)25/h1-12,15H,13-14,16-17H2,(H,30,31)(H,32,34). The minimum Gasteiger partial charge on any atom is -0.383 e. The van der Waals surface area contributed by atoms with Crippen LogP contribution in [0.4, 0.5) is 5.69 Å². The number of anilines is 1. The van der Waals surface area contributed by atoms with Crippen LogP contribution >= 0.6 is 39.1 Å². The van der Waals surface area contributed by atoms with E-state index in [0.29, 0.717) is 22.2 Å². The summed E-state index contributed by atoms with van der Waals surface area (Å²) in [6, 6.07) is 20.5. The Bertz CT molecular complexity index is 1520. The maximum absolute atomic E-state index is 13.4. The van der Waals surface area contributed by atoms with Crippen LogP contribution in [0, 0.1) is 0 Å². The Kier molecular flexibility index (Phi) is 9.04. The third kappa shape index (κ3) is 7.00. The van der Waals surface area contributed by atoms with Gasteiger partial charge in [0.1, 0.15) is 0 Å². The third-order valence-corrected chi connectivity index (χ3v) is 8.48. The van der Waals surface area contributed by atoms with E-state index in [9.17, 15) is 13.2 Å². The highest BCUT2D eigenvalue weighted by Crippen LogP contribution is 2.25. The first-order chi connectivity index (χ1) is 17.7. The maximum Gasteiger partial charge on any atom is 0.243 e. The third-order valence-electron chi connectivity index (χ3n) is 5.54. The SMILES string of the molecule is O=C(CN(Cc1ccccc1Cl)S(=O)(=O)c1ccc(Br)cc1)NCCNc1ccnc2cc(Cl)ccc12. The molecule has 0 aliphatic rings. The fourth-order valence-electron chi connectivity index (χ4n) is 3.69. The van der Waals surface area contributed by atoms with Gasteiger partial charge in [-0.25, -0.2) is 8.42 Å². The molecule has 0 radical (unpaired) electrons. The van der Waals surface area contributed by atoms with Crippen LogP contribution in [0.5, 0.6) is 0 Å². The number of carbonyl (C=O) groups excluding carboxylic acids is 1. The van der Waals surface area contributed by atoms with Gasteiger partial charge in [0.25, 0.3) is 0 Å². The van der Waals surface area contributed by atoms with E-state index in [1.807, 2.05) is 12.1 Å². The van der Waals surface area contributed by atoms with E-state index < -0.39 is 15.9 Å². The van der Waals surface area contributed by atoms with Crippen LogP contribution in [0.2, 0.25) is 10.0 Å². The van der Waals surface area contributed by atoms with Crippen molar-refractivity contribution in [3.05, 3.63) is 99.1 Å². The van der Waals surface area contributed by atoms with Crippen molar-refractivity contribution in [1.82, 2.24) is 14.6 Å². The molecule has 192 valence electrons. The van der Waals surface area contributed by atoms with Gasteiger partial charge >= 0.3 is 0 Å². The van der Waals surface area contributed by atoms with Crippen LogP contribution in [-0.2, 0) is 21.4 Å². The molecular weight excluding hydrogens is 599 g/mol. The van der Waals surface area contributed by atoms with Gasteiger partial charge in [-0.15, -0.1) is 0 Å². The number of pyridine rings is 1. The molecule has 0 saturated carbocycles. The van der Waals surface area contributed by atoms with Crippen LogP contribution < -0.4 is 10.6 Å². The number of halogens is 3. The molecule has 0 atom stereocenters. The molecule has 2 N–H and O–H groups in total. The predicted octanol–water partition coefficient (Wildman–Crippen LogP) is 5.72. The van der Waals surface area contributed by atoms with E-state index in [1.54, 1.807) is 54.7 Å². The van der Waals surface area contributed by atoms with Gasteiger partial charge in [-0.05, 0) is 60.2 Å². The topological polar surface area (TPSA) is 91.4 Å². The van der Waals surface area contributed by atoms with Crippen molar-refractivity contribution < 1.29 is 13.2 Å². The molecule has 0 aliphatic carbocycles. The van der Waals surface area contributed by atoms with Crippen molar-refractivity contribution in [3.8, 4) is 0 Å². The monoisotopic (exact) mass is 620 g/mol. The number of amides is 1. The quantitative estimate of drug-likeness (QED) is 0.221. The normalized spacial score (nSPS) is 11.6. The number of hydrogen-bond acceptors (Lipinski definition) is 5. The molecule has 1 aromatic heterocycles. The Balaban J connectivity index is 1.43. The molecule has 1 heterocycles. The Labute approximate surface area is 234 Å². The summed E-state index contributed by atoms with van der Waals surface area (Å²) < 4.78 is 28.7. The lowest BCUT2D eigenvalue weighted by molar-refractivity contribution is -0.121. The van der Waals surface area contributed by atoms with E-state index in [1.165, 1.54) is 12.1 Å². The molecule has 0 saturated heterocycles. The van der Waals surface area contributed by atoms with Gasteiger partial charge < -0.3 is 10.6 Å². The first-order valence-corrected chi connectivity index (χ1v) is 14.3. The fraction of sp³-hybridized carbons (Fsp3) is 0.154. The van der Waals surface area contributed by atoms with Gasteiger partial charge in [0.2, 0.25) is 15.9 Å². The smallest absolute Gasteiger partial charge is 0.243 e. The number of benzene rings is 3. The Morgan fingerprint density at radius 1 is 0.973 bits per heavy atom. The van der Waals surface area contributed by atoms with Crippen LogP contribution in [0.25, 0.3) is 10.9 Å². The number of nitrogens with one attached hydrogen (secondary N) is 2. The van der Waals surface area contributed by atoms with Gasteiger partial charge in [0.15, 0.2) is 0 Å². The minimum atomic E-state index is -3.97. The second kappa shape index (κ2) is 12.2. The average molecular weight is 622 g/mol. The van der Waals surface area contributed by atoms with Crippen molar-refractivity contribution in [2.24, 2.45) is 0 Å². The van der Waals surface area contributed by atoms with Crippen LogP contribution in [0.15, 0.2) is 88.4 Å². The van der Waals surface area contributed by atoms with Crippen molar-refractivity contribution in [2.45, 2.75) is 11.4 Å². The maximum atomic E-state index is 13.4. The first-order valence-electron chi connectivity index (χ1n) is 11.3. The van der Waals surface area contributed by atoms with Gasteiger partial charge in [-0.2, -0.15) is 4.31 Å². The van der Waals surface area contributed by atoms with Crippen molar-refractivity contribution in [1.29, 1.82) is 0 Å². The fourth-order valence-corrected chi connectivity index (χ4v) is 5.69. The highest BCUT2D eigenvalue weighted by atomic mass is 79.9. The van der Waals surface area contributed by atoms with Crippen LogP contribution in [-0.4, -0.2) is 43.2 Å². The molecule has 1 amide bonds. The number of rotatable bonds is 10. The zero-order valence-electron chi connectivity index (χ0n) is 19.5. The van der Waals surface area contributed by atoms with Gasteiger partial charge in [0.05, 0.1) is 17.0 Å². The Morgan fingerprint density at radius 3 is 2.49 bits per heavy atom. The summed E-state index contributed by atoms with van der Waals surface area (Å²) in [5.41, 5.74) is 2.22. The van der Waals surface area contributed by atoms with Crippen molar-refractivity contribution in [3.63, 3.8) is 0 Å². The van der Waals surface area contributed by atoms with Crippen molar-refractivity contribution in [2.75, 3.05) is 25.0 Å². The van der Waals surface area contributed by atoms with E-state index in [0.717, 1.165) is 25.4 Å². The zero-order chi connectivity index (χ0) is 26.4. The lowest BCUT2D eigenvalue weighted by Gasteiger charge is -2.22. The second-order valence-corrected chi connectivity index (χ2v) is 11.8. The molecule has 0 fully saturated rings. The molecule has 0 bridgehead atoms. The molecule has 0 spiro atoms. The highest BCUT2D eigenvalue weighted by Gasteiger charge is 2.27. The van der Waals surface area contributed by atoms with Gasteiger partial charge in [0, 0.05) is 51.4 Å². The average Bonchev–Trinajstić information content (AvgIpc) is 2.87. The van der Waals surface area contributed by atoms with E-state index in [4.69, 9.17) is 23.2 Å². The number of nitrogens with zero attached hydrogens (tertiary/aromatic N) is 2. The first kappa shape index (κ1) is 27.3. The molecule has 0 aliphatic heterocycles. The summed E-state index contributed by atoms with van der Waals surface area (Å²) in [6.07, 6.45) is 1.68. The number of aromatic nitrogens is 1. The van der Waals surface area contributed by atoms with E-state index in [2.05, 4.69) is 31.5 Å². The zero-order valence-corrected chi connectivity index (χ0v) is 23.4. The van der Waals surface area contributed by atoms with Crippen LogP contribution in [0.1, 0.15) is 5.56 Å². The molecule has 4 rings (SSSR count). The molecule has 3 aromatic carbocycles. The molecule has 7 nitrogen and oxygen atoms in total. The molecule has 4 aromatic rings. The number of hydrogen-bond donors (Lipinski definition) is 2. The van der Waals surface area contributed by atoms with Crippen molar-refractivity contribution >= 4 is 71.7 Å². The largest absolute Gasteiger partial charge is 0.383 e. The summed E-state index contributed by atoms with van der Waals surface area (Å²) in [5.74, 6) is -0.430. The Hall–Kier alpha value is -2.69. The summed E-state index contributed by atoms with van der Waals surface area (Å²) in [4.78, 5) is 17.2. The molecule has 11 heteroatoms. The summed E-state index contributed by atoms with van der Waals surface area (Å²) in [6.45, 7) is 0.307. The number of carbonyl (C=O) groups is 1. The number of fused-ring (bicyclic) bond motifs is 1. The van der Waals surface area contributed by atoms with E-state index >= 15 is 0 Å². The summed E-state index contributed by atoms with van der Waals surface area (Å²) in [7, 11) is -3.97. The van der Waals surface area contributed by atoms with Gasteiger partial charge in [-0.3, -0.25) is 9.78 Å². The lowest BCUT2D eigenvalue weighted by Crippen LogP contribution is -2.41. The lowest BCUT2D eigenvalue weighted by atomic mass is 10.2. The highest BCUT2D eigenvalue weighted by molar-refractivity contribution is 9.10. The molecular formula is C26H23BrCl2N4O3S. The van der Waals surface area contributed by atoms with Crippen LogP contribution in [0.3, 0.4) is 0 Å². The summed E-state index contributed by atoms with van der Waals surface area (Å²) in [5, 5.41) is 7.99. The van der Waals surface area contributed by atoms with Gasteiger partial charge in [-0.1, -0.05) is 57.3 Å². The summed E-state index contributed by atoms with van der Waals surface area (Å²) >= 11 is 15.6. The second-order valence-electron chi connectivity index (χ2n) is 8.12. The molecule has 37 heavy (non-hydrogen) atoms. The minimum absolute atomic E-state index is 0.0463. The molecule has 0 unspecified atom stereocenters. The van der Waals surface area contributed by atoms with E-state index in [-0.39, 0.29) is 24.5 Å². The number of sulfonamides is 1. The Morgan fingerprint density at radius 2 is 1.73 bits per heavy atom.